The van der Waals surface area contributed by atoms with Gasteiger partial charge in [-0.25, -0.2) is 0 Å². The smallest absolute Gasteiger partial charge is 0.259 e. The Labute approximate surface area is 187 Å². The van der Waals surface area contributed by atoms with Gasteiger partial charge >= 0.3 is 0 Å². The van der Waals surface area contributed by atoms with Crippen molar-refractivity contribution in [3.63, 3.8) is 0 Å². The van der Waals surface area contributed by atoms with Gasteiger partial charge in [0.2, 0.25) is 5.91 Å². The predicted molar refractivity (Wildman–Crippen MR) is 123 cm³/mol. The van der Waals surface area contributed by atoms with Crippen molar-refractivity contribution >= 4 is 17.5 Å². The van der Waals surface area contributed by atoms with E-state index in [2.05, 4.69) is 5.32 Å². The van der Waals surface area contributed by atoms with Gasteiger partial charge in [0.15, 0.2) is 0 Å². The number of hydrogen-bond donors (Lipinski definition) is 1. The predicted octanol–water partition coefficient (Wildman–Crippen LogP) is 3.98. The molecule has 3 aromatic rings. The first-order chi connectivity index (χ1) is 15.5. The minimum absolute atomic E-state index is 0.206. The average molecular weight is 431 g/mol. The molecule has 32 heavy (non-hydrogen) atoms. The quantitative estimate of drug-likeness (QED) is 0.642. The Morgan fingerprint density at radius 2 is 1.69 bits per heavy atom. The second kappa shape index (κ2) is 8.75. The van der Waals surface area contributed by atoms with Gasteiger partial charge in [-0.1, -0.05) is 36.4 Å². The van der Waals surface area contributed by atoms with Crippen LogP contribution in [0.4, 0.5) is 5.69 Å². The van der Waals surface area contributed by atoms with Crippen LogP contribution in [-0.2, 0) is 17.8 Å². The molecule has 0 bridgehead atoms. The maximum atomic E-state index is 13.6. The molecule has 1 atom stereocenters. The van der Waals surface area contributed by atoms with E-state index in [1.165, 1.54) is 0 Å². The number of nitrogens with zero attached hydrogens (tertiary/aromatic N) is 1. The van der Waals surface area contributed by atoms with Crippen LogP contribution in [0, 0.1) is 0 Å². The largest absolute Gasteiger partial charge is 0.497 e. The second-order valence-electron chi connectivity index (χ2n) is 7.98. The summed E-state index contributed by atoms with van der Waals surface area (Å²) in [6.45, 7) is 2.16. The third kappa shape index (κ3) is 3.91. The van der Waals surface area contributed by atoms with E-state index in [1.54, 1.807) is 31.3 Å². The van der Waals surface area contributed by atoms with Crippen LogP contribution in [-0.4, -0.2) is 31.6 Å². The Kier molecular flexibility index (Phi) is 5.86. The summed E-state index contributed by atoms with van der Waals surface area (Å²) in [5, 5.41) is 3.02. The van der Waals surface area contributed by atoms with Crippen LogP contribution in [0.5, 0.6) is 11.5 Å². The van der Waals surface area contributed by atoms with Crippen LogP contribution in [0.15, 0.2) is 72.8 Å². The third-order valence-electron chi connectivity index (χ3n) is 5.89. The summed E-state index contributed by atoms with van der Waals surface area (Å²) in [6.07, 6.45) is 0.403. The fourth-order valence-corrected chi connectivity index (χ4v) is 4.13. The molecular weight excluding hydrogens is 404 g/mol. The van der Waals surface area contributed by atoms with Crippen LogP contribution < -0.4 is 19.7 Å². The summed E-state index contributed by atoms with van der Waals surface area (Å²) in [5.41, 5.74) is 1.92. The molecule has 0 saturated carbocycles. The fraction of sp³-hybridized carbons (Fsp3) is 0.231. The van der Waals surface area contributed by atoms with Gasteiger partial charge in [-0.3, -0.25) is 14.5 Å². The van der Waals surface area contributed by atoms with Crippen molar-refractivity contribution in [1.82, 2.24) is 5.32 Å². The van der Waals surface area contributed by atoms with Crippen LogP contribution in [0.3, 0.4) is 0 Å². The lowest BCUT2D eigenvalue weighted by atomic mass is 9.82. The monoisotopic (exact) mass is 430 g/mol. The van der Waals surface area contributed by atoms with Crippen molar-refractivity contribution in [2.24, 2.45) is 0 Å². The van der Waals surface area contributed by atoms with Crippen molar-refractivity contribution in [3.05, 3.63) is 89.5 Å². The van der Waals surface area contributed by atoms with Crippen molar-refractivity contribution in [2.75, 3.05) is 19.1 Å². The zero-order valence-electron chi connectivity index (χ0n) is 18.4. The van der Waals surface area contributed by atoms with Gasteiger partial charge in [-0.15, -0.1) is 0 Å². The zero-order chi connectivity index (χ0) is 22.7. The van der Waals surface area contributed by atoms with Crippen LogP contribution in [0.2, 0.25) is 0 Å². The highest BCUT2D eigenvalue weighted by Crippen LogP contribution is 2.36. The van der Waals surface area contributed by atoms with Crippen LogP contribution in [0.25, 0.3) is 0 Å². The lowest BCUT2D eigenvalue weighted by Crippen LogP contribution is -2.63. The highest BCUT2D eigenvalue weighted by Gasteiger charge is 2.47. The summed E-state index contributed by atoms with van der Waals surface area (Å²) in [5.74, 6) is 0.946. The molecule has 1 heterocycles. The number of carbonyl (C=O) groups is 2. The SMILES string of the molecule is COc1ccc(CNC(=O)[C@]2(C)Cc3ccccc3C(=O)N2c2cccc(OC)c2)cc1. The van der Waals surface area contributed by atoms with E-state index in [9.17, 15) is 9.59 Å². The second-order valence-corrected chi connectivity index (χ2v) is 7.98. The first-order valence-electron chi connectivity index (χ1n) is 10.4. The summed E-state index contributed by atoms with van der Waals surface area (Å²) in [4.78, 5) is 28.7. The molecule has 0 saturated heterocycles. The molecule has 6 heteroatoms. The molecule has 6 nitrogen and oxygen atoms in total. The summed E-state index contributed by atoms with van der Waals surface area (Å²) in [6, 6.07) is 22.2. The van der Waals surface area contributed by atoms with Gasteiger partial charge in [0.1, 0.15) is 17.0 Å². The van der Waals surface area contributed by atoms with E-state index in [0.29, 0.717) is 30.0 Å². The van der Waals surface area contributed by atoms with Crippen molar-refractivity contribution < 1.29 is 19.1 Å². The minimum Gasteiger partial charge on any atom is -0.497 e. The van der Waals surface area contributed by atoms with Crippen molar-refractivity contribution in [2.45, 2.75) is 25.4 Å². The molecule has 0 aromatic heterocycles. The Hall–Kier alpha value is -3.80. The van der Waals surface area contributed by atoms with Gasteiger partial charge in [-0.2, -0.15) is 0 Å². The number of nitrogens with one attached hydrogen (secondary N) is 1. The van der Waals surface area contributed by atoms with Gasteiger partial charge in [0.05, 0.1) is 14.2 Å². The van der Waals surface area contributed by atoms with Crippen LogP contribution >= 0.6 is 0 Å². The number of methoxy groups -OCH3 is 2. The molecule has 164 valence electrons. The maximum Gasteiger partial charge on any atom is 0.259 e. The number of ether oxygens (including phenoxy) is 2. The Balaban J connectivity index is 1.68. The lowest BCUT2D eigenvalue weighted by Gasteiger charge is -2.44. The molecule has 0 fully saturated rings. The average Bonchev–Trinajstić information content (AvgIpc) is 2.83. The first kappa shape index (κ1) is 21.4. The van der Waals surface area contributed by atoms with Gasteiger partial charge in [0, 0.05) is 30.3 Å². The zero-order valence-corrected chi connectivity index (χ0v) is 18.4. The highest BCUT2D eigenvalue weighted by molar-refractivity contribution is 6.14. The fourth-order valence-electron chi connectivity index (χ4n) is 4.13. The van der Waals surface area contributed by atoms with E-state index in [-0.39, 0.29) is 11.8 Å². The lowest BCUT2D eigenvalue weighted by molar-refractivity contribution is -0.126. The molecule has 3 aromatic carbocycles. The van der Waals surface area contributed by atoms with E-state index >= 15 is 0 Å². The molecule has 0 unspecified atom stereocenters. The number of fused-ring (bicyclic) bond motifs is 1. The normalized spacial score (nSPS) is 17.5. The summed E-state index contributed by atoms with van der Waals surface area (Å²) < 4.78 is 10.5. The molecule has 4 rings (SSSR count). The van der Waals surface area contributed by atoms with E-state index in [4.69, 9.17) is 9.47 Å². The maximum absolute atomic E-state index is 13.6. The molecule has 1 N–H and O–H groups in total. The molecule has 0 aliphatic carbocycles. The van der Waals surface area contributed by atoms with E-state index in [0.717, 1.165) is 16.9 Å². The van der Waals surface area contributed by atoms with Crippen molar-refractivity contribution in [3.8, 4) is 11.5 Å². The minimum atomic E-state index is -1.11. The summed E-state index contributed by atoms with van der Waals surface area (Å²) >= 11 is 0. The molecule has 1 aliphatic heterocycles. The molecule has 0 radical (unpaired) electrons. The van der Waals surface area contributed by atoms with E-state index in [1.807, 2.05) is 67.6 Å². The molecule has 1 aliphatic rings. The van der Waals surface area contributed by atoms with Crippen molar-refractivity contribution in [1.29, 1.82) is 0 Å². The van der Waals surface area contributed by atoms with Crippen LogP contribution in [0.1, 0.15) is 28.4 Å². The number of hydrogen-bond acceptors (Lipinski definition) is 4. The standard InChI is InChI=1S/C26H26N2O4/c1-26(25(30)27-17-18-11-13-21(31-2)14-12-18)16-19-7-4-5-10-23(19)24(29)28(26)20-8-6-9-22(15-20)32-3/h4-15H,16-17H2,1-3H3,(H,27,30)/t26-/m0/s1. The first-order valence-corrected chi connectivity index (χ1v) is 10.4. The number of anilines is 1. The van der Waals surface area contributed by atoms with Gasteiger partial charge in [0.25, 0.3) is 5.91 Å². The molecule has 0 spiro atoms. The number of rotatable bonds is 6. The number of amides is 2. The number of benzene rings is 3. The van der Waals surface area contributed by atoms with E-state index < -0.39 is 5.54 Å². The third-order valence-corrected chi connectivity index (χ3v) is 5.89. The molecular formula is C26H26N2O4. The molecule has 2 amide bonds. The van der Waals surface area contributed by atoms with Gasteiger partial charge in [-0.05, 0) is 48.4 Å². The number of carbonyl (C=O) groups excluding carboxylic acids is 2. The summed E-state index contributed by atoms with van der Waals surface area (Å²) in [7, 11) is 3.19. The Morgan fingerprint density at radius 3 is 2.41 bits per heavy atom. The Morgan fingerprint density at radius 1 is 0.969 bits per heavy atom. The Bertz CT molecular complexity index is 1140. The van der Waals surface area contributed by atoms with Gasteiger partial charge < -0.3 is 14.8 Å². The topological polar surface area (TPSA) is 67.9 Å². The highest BCUT2D eigenvalue weighted by atomic mass is 16.5.